The van der Waals surface area contributed by atoms with Crippen molar-refractivity contribution in [3.63, 3.8) is 0 Å². The zero-order valence-electron chi connectivity index (χ0n) is 31.9. The van der Waals surface area contributed by atoms with Crippen LogP contribution in [0.1, 0.15) is 0 Å². The van der Waals surface area contributed by atoms with Crippen LogP contribution in [-0.2, 0) is 0 Å². The molecule has 0 saturated carbocycles. The predicted octanol–water partition coefficient (Wildman–Crippen LogP) is 15.3. The van der Waals surface area contributed by atoms with E-state index in [0.717, 1.165) is 66.7 Å². The quantitative estimate of drug-likeness (QED) is 0.164. The maximum Gasteiger partial charge on any atom is 0.160 e. The van der Waals surface area contributed by atoms with Crippen LogP contribution in [0, 0.1) is 0 Å². The van der Waals surface area contributed by atoms with Gasteiger partial charge >= 0.3 is 0 Å². The Morgan fingerprint density at radius 3 is 1.59 bits per heavy atom. The summed E-state index contributed by atoms with van der Waals surface area (Å²) >= 11 is 0. The average Bonchev–Trinajstić information content (AvgIpc) is 3.69. The van der Waals surface area contributed by atoms with Gasteiger partial charge in [0.1, 0.15) is 11.2 Å². The minimum Gasteiger partial charge on any atom is -0.456 e. The largest absolute Gasteiger partial charge is 0.456 e. The van der Waals surface area contributed by atoms with Crippen LogP contribution in [0.5, 0.6) is 0 Å². The molecule has 0 bridgehead atoms. The van der Waals surface area contributed by atoms with Gasteiger partial charge in [0.25, 0.3) is 0 Å². The molecule has 12 rings (SSSR count). The second-order valence-corrected chi connectivity index (χ2v) is 15.3. The van der Waals surface area contributed by atoms with E-state index in [1.807, 2.05) is 30.3 Å². The summed E-state index contributed by atoms with van der Waals surface area (Å²) in [6.07, 6.45) is 0. The lowest BCUT2D eigenvalue weighted by Gasteiger charge is -2.15. The molecule has 0 amide bonds. The number of para-hydroxylation sites is 1. The highest BCUT2D eigenvalue weighted by Crippen LogP contribution is 2.41. The van der Waals surface area contributed by atoms with E-state index in [0.29, 0.717) is 5.82 Å². The number of hydrogen-bond acceptors (Lipinski definition) is 3. The molecule has 2 heterocycles. The van der Waals surface area contributed by atoms with Gasteiger partial charge in [0.05, 0.1) is 11.4 Å². The standard InChI is InChI=1S/C56H34N2O/c1-2-14-36(15-3-1)56-57-52(38-25-27-48-46-20-7-6-18-44(46)45-19-8-9-21-47(45)50(48)33-38)34-53(58-56)41-30-39(29-40(31-41)43-23-12-16-35-13-4-5-17-42(35)43)37-26-28-55-51(32-37)49-22-10-11-24-54(49)59-55/h1-34H. The molecule has 0 aliphatic heterocycles. The van der Waals surface area contributed by atoms with Crippen LogP contribution in [0.2, 0.25) is 0 Å². The highest BCUT2D eigenvalue weighted by molar-refractivity contribution is 6.25. The van der Waals surface area contributed by atoms with Crippen molar-refractivity contribution >= 4 is 65.0 Å². The Balaban J connectivity index is 1.11. The molecule has 0 fully saturated rings. The summed E-state index contributed by atoms with van der Waals surface area (Å²) in [5, 5.41) is 12.1. The van der Waals surface area contributed by atoms with Crippen LogP contribution < -0.4 is 0 Å². The fraction of sp³-hybridized carbons (Fsp3) is 0. The van der Waals surface area contributed by atoms with Crippen LogP contribution in [-0.4, -0.2) is 9.97 Å². The smallest absolute Gasteiger partial charge is 0.160 e. The third-order valence-corrected chi connectivity index (χ3v) is 11.8. The van der Waals surface area contributed by atoms with E-state index in [4.69, 9.17) is 14.4 Å². The molecule has 2 aromatic heterocycles. The number of hydrogen-bond donors (Lipinski definition) is 0. The second kappa shape index (κ2) is 13.4. The van der Waals surface area contributed by atoms with E-state index in [2.05, 4.69) is 176 Å². The van der Waals surface area contributed by atoms with Crippen molar-refractivity contribution < 1.29 is 4.42 Å². The average molecular weight is 751 g/mol. The van der Waals surface area contributed by atoms with Crippen molar-refractivity contribution in [3.05, 3.63) is 206 Å². The van der Waals surface area contributed by atoms with Crippen LogP contribution >= 0.6 is 0 Å². The van der Waals surface area contributed by atoms with E-state index in [1.165, 1.54) is 48.7 Å². The van der Waals surface area contributed by atoms with Crippen LogP contribution in [0.3, 0.4) is 0 Å². The van der Waals surface area contributed by atoms with Gasteiger partial charge in [-0.1, -0.05) is 158 Å². The Bertz CT molecular complexity index is 3580. The first-order chi connectivity index (χ1) is 29.2. The van der Waals surface area contributed by atoms with E-state index in [9.17, 15) is 0 Å². The lowest BCUT2D eigenvalue weighted by Crippen LogP contribution is -1.97. The molecule has 0 radical (unpaired) electrons. The molecule has 274 valence electrons. The first-order valence-electron chi connectivity index (χ1n) is 20.1. The summed E-state index contributed by atoms with van der Waals surface area (Å²) in [4.78, 5) is 10.6. The molecule has 3 heteroatoms. The number of rotatable bonds is 5. The number of aromatic nitrogens is 2. The Morgan fingerprint density at radius 2 is 0.814 bits per heavy atom. The predicted molar refractivity (Wildman–Crippen MR) is 247 cm³/mol. The molecule has 0 aliphatic carbocycles. The molecular formula is C56H34N2O. The lowest BCUT2D eigenvalue weighted by molar-refractivity contribution is 0.669. The summed E-state index contributed by atoms with van der Waals surface area (Å²) in [5.41, 5.74) is 11.0. The molecular weight excluding hydrogens is 717 g/mol. The fourth-order valence-corrected chi connectivity index (χ4v) is 9.01. The summed E-state index contributed by atoms with van der Waals surface area (Å²) in [6, 6.07) is 73.5. The molecule has 10 aromatic carbocycles. The highest BCUT2D eigenvalue weighted by Gasteiger charge is 2.17. The SMILES string of the molecule is c1ccc(-c2nc(-c3cc(-c4ccc5oc6ccccc6c5c4)cc(-c4cccc5ccccc45)c3)cc(-c3ccc4c5ccccc5c5ccccc5c4c3)n2)cc1. The molecule has 0 atom stereocenters. The molecule has 0 saturated heterocycles. The zero-order valence-corrected chi connectivity index (χ0v) is 31.9. The van der Waals surface area contributed by atoms with Gasteiger partial charge in [-0.15, -0.1) is 0 Å². The van der Waals surface area contributed by atoms with Gasteiger partial charge in [0.2, 0.25) is 0 Å². The summed E-state index contributed by atoms with van der Waals surface area (Å²) in [6.45, 7) is 0. The van der Waals surface area contributed by atoms with Crippen molar-refractivity contribution in [3.8, 4) is 56.2 Å². The number of nitrogens with zero attached hydrogens (tertiary/aromatic N) is 2. The molecule has 3 nitrogen and oxygen atoms in total. The maximum atomic E-state index is 6.24. The zero-order chi connectivity index (χ0) is 38.9. The Kier molecular flexibility index (Phi) is 7.54. The molecule has 0 unspecified atom stereocenters. The number of fused-ring (bicyclic) bond motifs is 10. The minimum atomic E-state index is 0.685. The van der Waals surface area contributed by atoms with Crippen molar-refractivity contribution in [1.82, 2.24) is 9.97 Å². The topological polar surface area (TPSA) is 38.9 Å². The van der Waals surface area contributed by atoms with Gasteiger partial charge in [-0.3, -0.25) is 0 Å². The van der Waals surface area contributed by atoms with Crippen molar-refractivity contribution in [2.75, 3.05) is 0 Å². The Morgan fingerprint density at radius 1 is 0.271 bits per heavy atom. The third kappa shape index (κ3) is 5.59. The molecule has 0 spiro atoms. The lowest BCUT2D eigenvalue weighted by atomic mass is 9.91. The van der Waals surface area contributed by atoms with Gasteiger partial charge < -0.3 is 4.42 Å². The molecule has 0 aliphatic rings. The van der Waals surface area contributed by atoms with E-state index in [1.54, 1.807) is 0 Å². The van der Waals surface area contributed by atoms with E-state index in [-0.39, 0.29) is 0 Å². The van der Waals surface area contributed by atoms with Gasteiger partial charge in [-0.2, -0.15) is 0 Å². The maximum absolute atomic E-state index is 6.24. The molecule has 12 aromatic rings. The number of furan rings is 1. The Hall–Kier alpha value is -7.88. The summed E-state index contributed by atoms with van der Waals surface area (Å²) < 4.78 is 6.24. The van der Waals surface area contributed by atoms with E-state index < -0.39 is 0 Å². The monoisotopic (exact) mass is 750 g/mol. The summed E-state index contributed by atoms with van der Waals surface area (Å²) in [7, 11) is 0. The first-order valence-corrected chi connectivity index (χ1v) is 20.1. The molecule has 0 N–H and O–H groups in total. The van der Waals surface area contributed by atoms with Gasteiger partial charge in [0, 0.05) is 27.5 Å². The van der Waals surface area contributed by atoms with Crippen LogP contribution in [0.4, 0.5) is 0 Å². The van der Waals surface area contributed by atoms with Crippen molar-refractivity contribution in [2.24, 2.45) is 0 Å². The fourth-order valence-electron chi connectivity index (χ4n) is 9.01. The van der Waals surface area contributed by atoms with Crippen LogP contribution in [0.15, 0.2) is 211 Å². The first kappa shape index (κ1) is 33.3. The third-order valence-electron chi connectivity index (χ3n) is 11.8. The number of benzene rings is 10. The van der Waals surface area contributed by atoms with Gasteiger partial charge in [0.15, 0.2) is 5.82 Å². The summed E-state index contributed by atoms with van der Waals surface area (Å²) in [5.74, 6) is 0.685. The highest BCUT2D eigenvalue weighted by atomic mass is 16.3. The van der Waals surface area contributed by atoms with Gasteiger partial charge in [-0.05, 0) is 114 Å². The molecule has 59 heavy (non-hydrogen) atoms. The minimum absolute atomic E-state index is 0.685. The van der Waals surface area contributed by atoms with E-state index >= 15 is 0 Å². The Labute approximate surface area is 340 Å². The van der Waals surface area contributed by atoms with Crippen LogP contribution in [0.25, 0.3) is 121 Å². The second-order valence-electron chi connectivity index (χ2n) is 15.3. The van der Waals surface area contributed by atoms with Gasteiger partial charge in [-0.25, -0.2) is 9.97 Å². The van der Waals surface area contributed by atoms with Crippen molar-refractivity contribution in [1.29, 1.82) is 0 Å². The van der Waals surface area contributed by atoms with Crippen molar-refractivity contribution in [2.45, 2.75) is 0 Å². The normalized spacial score (nSPS) is 11.7.